The Balaban J connectivity index is 0.000000241. The maximum absolute atomic E-state index is 9.92. The zero-order valence-electron chi connectivity index (χ0n) is 7.60. The van der Waals surface area contributed by atoms with Gasteiger partial charge in [-0.2, -0.15) is 0 Å². The number of carbonyl (C=O) groups is 4. The predicted octanol–water partition coefficient (Wildman–Crippen LogP) is -0.278. The van der Waals surface area contributed by atoms with Crippen molar-refractivity contribution in [3.8, 4) is 0 Å². The van der Waals surface area contributed by atoms with Crippen LogP contribution < -0.4 is 0 Å². The SMILES string of the molecule is CC(=O)OC(C)=O.O=C1C=CC(=O)O1. The average Bonchev–Trinajstić information content (AvgIpc) is 2.32. The predicted molar refractivity (Wildman–Crippen MR) is 42.7 cm³/mol. The van der Waals surface area contributed by atoms with Crippen molar-refractivity contribution >= 4 is 23.9 Å². The number of hydrogen-bond acceptors (Lipinski definition) is 6. The second kappa shape index (κ2) is 5.63. The molecule has 0 N–H and O–H groups in total. The Morgan fingerprint density at radius 3 is 1.50 bits per heavy atom. The third-order valence-electron chi connectivity index (χ3n) is 0.844. The smallest absolute Gasteiger partial charge is 0.338 e. The molecule has 0 fully saturated rings. The van der Waals surface area contributed by atoms with Gasteiger partial charge in [-0.1, -0.05) is 0 Å². The van der Waals surface area contributed by atoms with Crippen LogP contribution in [0.1, 0.15) is 13.8 Å². The van der Waals surface area contributed by atoms with Crippen LogP contribution in [0.2, 0.25) is 0 Å². The largest absolute Gasteiger partial charge is 0.394 e. The molecule has 6 heteroatoms. The minimum absolute atomic E-state index is 0.562. The summed E-state index contributed by atoms with van der Waals surface area (Å²) in [7, 11) is 0. The molecule has 0 aromatic heterocycles. The summed E-state index contributed by atoms with van der Waals surface area (Å²) in [6.07, 6.45) is 2.17. The third-order valence-corrected chi connectivity index (χ3v) is 0.844. The van der Waals surface area contributed by atoms with E-state index in [2.05, 4.69) is 9.47 Å². The van der Waals surface area contributed by atoms with E-state index in [-0.39, 0.29) is 0 Å². The van der Waals surface area contributed by atoms with Gasteiger partial charge in [0.25, 0.3) is 0 Å². The summed E-state index contributed by atoms with van der Waals surface area (Å²) in [5.74, 6) is -2.28. The topological polar surface area (TPSA) is 86.7 Å². The van der Waals surface area contributed by atoms with Crippen LogP contribution in [0.5, 0.6) is 0 Å². The molecule has 1 aliphatic heterocycles. The second-order valence-electron chi connectivity index (χ2n) is 2.16. The van der Waals surface area contributed by atoms with Gasteiger partial charge >= 0.3 is 23.9 Å². The molecule has 14 heavy (non-hydrogen) atoms. The normalized spacial score (nSPS) is 12.7. The van der Waals surface area contributed by atoms with Crippen LogP contribution in [-0.2, 0) is 28.7 Å². The fourth-order valence-electron chi connectivity index (χ4n) is 0.506. The highest BCUT2D eigenvalue weighted by molar-refractivity contribution is 6.04. The van der Waals surface area contributed by atoms with E-state index in [0.717, 1.165) is 12.2 Å². The maximum Gasteiger partial charge on any atom is 0.338 e. The molecule has 0 saturated heterocycles. The van der Waals surface area contributed by atoms with Gasteiger partial charge in [0, 0.05) is 26.0 Å². The van der Waals surface area contributed by atoms with E-state index in [1.165, 1.54) is 13.8 Å². The molecule has 0 bridgehead atoms. The molecule has 0 radical (unpaired) electrons. The molecule has 0 aliphatic carbocycles. The number of carbonyl (C=O) groups excluding carboxylic acids is 4. The van der Waals surface area contributed by atoms with Crippen molar-refractivity contribution < 1.29 is 28.7 Å². The Hall–Kier alpha value is -1.98. The molecule has 0 unspecified atom stereocenters. The zero-order valence-corrected chi connectivity index (χ0v) is 7.60. The van der Waals surface area contributed by atoms with Gasteiger partial charge in [-0.3, -0.25) is 9.59 Å². The van der Waals surface area contributed by atoms with Crippen molar-refractivity contribution in [3.63, 3.8) is 0 Å². The van der Waals surface area contributed by atoms with Crippen LogP contribution in [0, 0.1) is 0 Å². The van der Waals surface area contributed by atoms with E-state index in [4.69, 9.17) is 0 Å². The molecule has 76 valence electrons. The van der Waals surface area contributed by atoms with Gasteiger partial charge in [0.2, 0.25) is 0 Å². The lowest BCUT2D eigenvalue weighted by Gasteiger charge is -1.87. The fourth-order valence-corrected chi connectivity index (χ4v) is 0.506. The lowest BCUT2D eigenvalue weighted by molar-refractivity contribution is -0.156. The van der Waals surface area contributed by atoms with Crippen LogP contribution in [0.3, 0.4) is 0 Å². The van der Waals surface area contributed by atoms with Crippen LogP contribution >= 0.6 is 0 Å². The summed E-state index contributed by atoms with van der Waals surface area (Å²) in [4.78, 5) is 39.5. The first-order chi connectivity index (χ1) is 6.41. The van der Waals surface area contributed by atoms with Gasteiger partial charge in [-0.05, 0) is 0 Å². The number of cyclic esters (lactones) is 2. The molecule has 1 rings (SSSR count). The minimum Gasteiger partial charge on any atom is -0.394 e. The van der Waals surface area contributed by atoms with Crippen molar-refractivity contribution in [2.24, 2.45) is 0 Å². The first-order valence-corrected chi connectivity index (χ1v) is 3.54. The standard InChI is InChI=1S/C4H2O3.C4H6O3/c5-3-1-2-4(6)7-3;1-3(5)7-4(2)6/h1-2H;1-2H3. The Labute approximate surface area is 79.5 Å². The van der Waals surface area contributed by atoms with Crippen molar-refractivity contribution in [1.29, 1.82) is 0 Å². The summed E-state index contributed by atoms with van der Waals surface area (Å²) < 4.78 is 7.94. The molecule has 0 aromatic rings. The first-order valence-electron chi connectivity index (χ1n) is 3.54. The van der Waals surface area contributed by atoms with Crippen molar-refractivity contribution in [3.05, 3.63) is 12.2 Å². The second-order valence-corrected chi connectivity index (χ2v) is 2.16. The first kappa shape index (κ1) is 12.0. The van der Waals surface area contributed by atoms with Gasteiger partial charge < -0.3 is 9.47 Å². The molecule has 1 heterocycles. The van der Waals surface area contributed by atoms with Crippen molar-refractivity contribution in [2.75, 3.05) is 0 Å². The Bertz CT molecular complexity index is 273. The van der Waals surface area contributed by atoms with Crippen LogP contribution in [0.15, 0.2) is 12.2 Å². The molecule has 0 aromatic carbocycles. The maximum atomic E-state index is 9.92. The van der Waals surface area contributed by atoms with Crippen LogP contribution in [-0.4, -0.2) is 23.9 Å². The molecule has 1 aliphatic rings. The molecule has 0 spiro atoms. The van der Waals surface area contributed by atoms with Crippen LogP contribution in [0.25, 0.3) is 0 Å². The molecule has 0 atom stereocenters. The number of ether oxygens (including phenoxy) is 2. The number of rotatable bonds is 0. The van der Waals surface area contributed by atoms with E-state index < -0.39 is 23.9 Å². The zero-order chi connectivity index (χ0) is 11.1. The van der Waals surface area contributed by atoms with Gasteiger partial charge in [0.1, 0.15) is 0 Å². The van der Waals surface area contributed by atoms with E-state index in [1.54, 1.807) is 0 Å². The fraction of sp³-hybridized carbons (Fsp3) is 0.250. The van der Waals surface area contributed by atoms with E-state index in [9.17, 15) is 19.2 Å². The van der Waals surface area contributed by atoms with Gasteiger partial charge in [0.15, 0.2) is 0 Å². The molecular weight excluding hydrogens is 192 g/mol. The van der Waals surface area contributed by atoms with Crippen molar-refractivity contribution in [1.82, 2.24) is 0 Å². The van der Waals surface area contributed by atoms with E-state index >= 15 is 0 Å². The average molecular weight is 200 g/mol. The van der Waals surface area contributed by atoms with Crippen LogP contribution in [0.4, 0.5) is 0 Å². The van der Waals surface area contributed by atoms with Gasteiger partial charge in [-0.25, -0.2) is 9.59 Å². The highest BCUT2D eigenvalue weighted by Crippen LogP contribution is 1.92. The summed E-state index contributed by atoms with van der Waals surface area (Å²) in [5, 5.41) is 0. The molecule has 6 nitrogen and oxygen atoms in total. The Morgan fingerprint density at radius 1 is 1.07 bits per heavy atom. The molecule has 0 amide bonds. The van der Waals surface area contributed by atoms with Gasteiger partial charge in [-0.15, -0.1) is 0 Å². The highest BCUT2D eigenvalue weighted by atomic mass is 16.6. The summed E-state index contributed by atoms with van der Waals surface area (Å²) in [6.45, 7) is 2.36. The third kappa shape index (κ3) is 6.71. The van der Waals surface area contributed by atoms with Crippen molar-refractivity contribution in [2.45, 2.75) is 13.8 Å². The molecular formula is C8H8O6. The lowest BCUT2D eigenvalue weighted by Crippen LogP contribution is -2.03. The van der Waals surface area contributed by atoms with E-state index in [0.29, 0.717) is 0 Å². The quantitative estimate of drug-likeness (QED) is 0.395. The lowest BCUT2D eigenvalue weighted by atomic mass is 10.6. The van der Waals surface area contributed by atoms with Gasteiger partial charge in [0.05, 0.1) is 0 Å². The molecule has 0 saturated carbocycles. The Kier molecular flexibility index (Phi) is 4.83. The monoisotopic (exact) mass is 200 g/mol. The Morgan fingerprint density at radius 2 is 1.43 bits per heavy atom. The summed E-state index contributed by atoms with van der Waals surface area (Å²) in [6, 6.07) is 0. The summed E-state index contributed by atoms with van der Waals surface area (Å²) in [5.41, 5.74) is 0. The number of hydrogen-bond donors (Lipinski definition) is 0. The highest BCUT2D eigenvalue weighted by Gasteiger charge is 2.10. The number of esters is 4. The van der Waals surface area contributed by atoms with E-state index in [1.807, 2.05) is 0 Å². The summed E-state index contributed by atoms with van der Waals surface area (Å²) >= 11 is 0. The minimum atomic E-state index is -0.579.